The molecule has 6 nitrogen and oxygen atoms in total. The summed E-state index contributed by atoms with van der Waals surface area (Å²) >= 11 is 6.34. The Labute approximate surface area is 166 Å². The molecule has 28 heavy (non-hydrogen) atoms. The number of hydrogen-bond acceptors (Lipinski definition) is 4. The zero-order valence-corrected chi connectivity index (χ0v) is 15.9. The van der Waals surface area contributed by atoms with Crippen LogP contribution in [0.4, 0.5) is 5.69 Å². The highest BCUT2D eigenvalue weighted by Gasteiger charge is 2.35. The number of halogens is 1. The molecule has 2 aromatic heterocycles. The summed E-state index contributed by atoms with van der Waals surface area (Å²) < 4.78 is 5.47. The number of aromatic amines is 1. The molecular formula is C21H17ClN4O2. The number of benzene rings is 2. The van der Waals surface area contributed by atoms with Crippen molar-refractivity contribution in [2.75, 3.05) is 11.4 Å². The van der Waals surface area contributed by atoms with Gasteiger partial charge in [0.1, 0.15) is 0 Å². The van der Waals surface area contributed by atoms with E-state index in [1.54, 1.807) is 4.90 Å². The topological polar surface area (TPSA) is 75.0 Å². The third kappa shape index (κ3) is 2.86. The number of H-pyrrole nitrogens is 1. The molecule has 0 spiro atoms. The standard InChI is InChI=1S/C21H17ClN4O2/c1-12-2-5-18(16(22)8-12)26-11-15(10-19(26)27)20-24-21(28-25-20)14-4-3-13-6-7-23-17(13)9-14/h2-9,15,23H,10-11H2,1H3. The van der Waals surface area contributed by atoms with E-state index in [4.69, 9.17) is 16.1 Å². The van der Waals surface area contributed by atoms with E-state index in [1.807, 2.05) is 55.6 Å². The van der Waals surface area contributed by atoms with Crippen molar-refractivity contribution in [2.24, 2.45) is 0 Å². The van der Waals surface area contributed by atoms with Crippen LogP contribution in [0.25, 0.3) is 22.4 Å². The van der Waals surface area contributed by atoms with Crippen molar-refractivity contribution in [2.45, 2.75) is 19.3 Å². The average Bonchev–Trinajstić information content (AvgIpc) is 3.40. The number of carbonyl (C=O) groups is 1. The van der Waals surface area contributed by atoms with E-state index in [1.165, 1.54) is 0 Å². The van der Waals surface area contributed by atoms with Gasteiger partial charge in [-0.25, -0.2) is 0 Å². The van der Waals surface area contributed by atoms with Crippen molar-refractivity contribution in [3.05, 3.63) is 65.1 Å². The minimum atomic E-state index is -0.128. The number of carbonyl (C=O) groups excluding carboxylic acids is 1. The fraction of sp³-hybridized carbons (Fsp3) is 0.190. The summed E-state index contributed by atoms with van der Waals surface area (Å²) in [4.78, 5) is 22.0. The lowest BCUT2D eigenvalue weighted by atomic mass is 10.1. The Balaban J connectivity index is 1.41. The molecule has 7 heteroatoms. The van der Waals surface area contributed by atoms with Gasteiger partial charge in [-0.3, -0.25) is 4.79 Å². The molecule has 1 amide bonds. The molecule has 140 valence electrons. The van der Waals surface area contributed by atoms with E-state index in [-0.39, 0.29) is 11.8 Å². The molecule has 1 saturated heterocycles. The van der Waals surface area contributed by atoms with Crippen molar-refractivity contribution in [1.29, 1.82) is 0 Å². The van der Waals surface area contributed by atoms with Crippen LogP contribution in [0.1, 0.15) is 23.7 Å². The normalized spacial score (nSPS) is 17.0. The summed E-state index contributed by atoms with van der Waals surface area (Å²) in [5, 5.41) is 5.83. The fourth-order valence-electron chi connectivity index (χ4n) is 3.64. The zero-order chi connectivity index (χ0) is 19.3. The zero-order valence-electron chi connectivity index (χ0n) is 15.1. The maximum atomic E-state index is 12.6. The molecule has 0 radical (unpaired) electrons. The van der Waals surface area contributed by atoms with E-state index in [2.05, 4.69) is 15.1 Å². The molecule has 1 aliphatic rings. The van der Waals surface area contributed by atoms with Gasteiger partial charge in [0, 0.05) is 36.2 Å². The minimum absolute atomic E-state index is 0.00917. The summed E-state index contributed by atoms with van der Waals surface area (Å²) in [7, 11) is 0. The lowest BCUT2D eigenvalue weighted by molar-refractivity contribution is -0.117. The number of anilines is 1. The van der Waals surface area contributed by atoms with Crippen molar-refractivity contribution in [1.82, 2.24) is 15.1 Å². The highest BCUT2D eigenvalue weighted by molar-refractivity contribution is 6.34. The molecule has 5 rings (SSSR count). The van der Waals surface area contributed by atoms with E-state index in [0.717, 1.165) is 27.7 Å². The molecule has 1 fully saturated rings. The number of aryl methyl sites for hydroxylation is 1. The van der Waals surface area contributed by atoms with Crippen LogP contribution in [-0.4, -0.2) is 27.6 Å². The third-order valence-corrected chi connectivity index (χ3v) is 5.43. The highest BCUT2D eigenvalue weighted by Crippen LogP contribution is 2.35. The molecule has 1 unspecified atom stereocenters. The lowest BCUT2D eigenvalue weighted by Crippen LogP contribution is -2.24. The van der Waals surface area contributed by atoms with Gasteiger partial charge in [0.05, 0.1) is 10.7 Å². The van der Waals surface area contributed by atoms with Crippen LogP contribution < -0.4 is 4.90 Å². The number of nitrogens with zero attached hydrogens (tertiary/aromatic N) is 3. The van der Waals surface area contributed by atoms with Gasteiger partial charge in [-0.15, -0.1) is 0 Å². The third-order valence-electron chi connectivity index (χ3n) is 5.13. The van der Waals surface area contributed by atoms with Crippen LogP contribution in [-0.2, 0) is 4.79 Å². The number of rotatable bonds is 3. The Kier molecular flexibility index (Phi) is 3.94. The molecular weight excluding hydrogens is 376 g/mol. The minimum Gasteiger partial charge on any atom is -0.361 e. The van der Waals surface area contributed by atoms with Gasteiger partial charge in [0.15, 0.2) is 5.82 Å². The molecule has 1 N–H and O–H groups in total. The Hall–Kier alpha value is -3.12. The molecule has 0 aliphatic carbocycles. The number of amides is 1. The molecule has 1 aliphatic heterocycles. The van der Waals surface area contributed by atoms with Crippen LogP contribution in [0.15, 0.2) is 53.2 Å². The second-order valence-electron chi connectivity index (χ2n) is 7.10. The van der Waals surface area contributed by atoms with E-state index in [9.17, 15) is 4.79 Å². The maximum Gasteiger partial charge on any atom is 0.258 e. The maximum absolute atomic E-state index is 12.6. The first kappa shape index (κ1) is 17.0. The second-order valence-corrected chi connectivity index (χ2v) is 7.50. The summed E-state index contributed by atoms with van der Waals surface area (Å²) in [6.45, 7) is 2.45. The molecule has 0 saturated carbocycles. The number of aromatic nitrogens is 3. The Morgan fingerprint density at radius 1 is 1.21 bits per heavy atom. The number of fused-ring (bicyclic) bond motifs is 1. The fourth-order valence-corrected chi connectivity index (χ4v) is 3.98. The average molecular weight is 393 g/mol. The van der Waals surface area contributed by atoms with Gasteiger partial charge in [-0.1, -0.05) is 28.9 Å². The van der Waals surface area contributed by atoms with E-state index < -0.39 is 0 Å². The Morgan fingerprint density at radius 2 is 2.11 bits per heavy atom. The van der Waals surface area contributed by atoms with Crippen LogP contribution in [0.2, 0.25) is 5.02 Å². The van der Waals surface area contributed by atoms with E-state index in [0.29, 0.717) is 29.7 Å². The summed E-state index contributed by atoms with van der Waals surface area (Å²) in [5.74, 6) is 0.873. The largest absolute Gasteiger partial charge is 0.361 e. The highest BCUT2D eigenvalue weighted by atomic mass is 35.5. The lowest BCUT2D eigenvalue weighted by Gasteiger charge is -2.18. The molecule has 2 aromatic carbocycles. The Morgan fingerprint density at radius 3 is 2.96 bits per heavy atom. The van der Waals surface area contributed by atoms with Crippen molar-refractivity contribution in [3.8, 4) is 11.5 Å². The van der Waals surface area contributed by atoms with Crippen LogP contribution >= 0.6 is 11.6 Å². The van der Waals surface area contributed by atoms with Crippen LogP contribution in [0.5, 0.6) is 0 Å². The van der Waals surface area contributed by atoms with Gasteiger partial charge in [-0.05, 0) is 48.2 Å². The summed E-state index contributed by atoms with van der Waals surface area (Å²) in [6, 6.07) is 13.6. The van der Waals surface area contributed by atoms with Gasteiger partial charge in [-0.2, -0.15) is 4.98 Å². The van der Waals surface area contributed by atoms with Gasteiger partial charge >= 0.3 is 0 Å². The van der Waals surface area contributed by atoms with Crippen LogP contribution in [0, 0.1) is 6.92 Å². The van der Waals surface area contributed by atoms with Crippen molar-refractivity contribution >= 4 is 34.1 Å². The quantitative estimate of drug-likeness (QED) is 0.548. The predicted molar refractivity (Wildman–Crippen MR) is 107 cm³/mol. The molecule has 0 bridgehead atoms. The smallest absolute Gasteiger partial charge is 0.258 e. The van der Waals surface area contributed by atoms with E-state index >= 15 is 0 Å². The second kappa shape index (κ2) is 6.49. The molecule has 1 atom stereocenters. The Bertz CT molecular complexity index is 1200. The molecule has 4 aromatic rings. The monoisotopic (exact) mass is 392 g/mol. The summed E-state index contributed by atoms with van der Waals surface area (Å²) in [6.07, 6.45) is 2.22. The van der Waals surface area contributed by atoms with Gasteiger partial charge in [0.2, 0.25) is 5.91 Å². The number of hydrogen-bond donors (Lipinski definition) is 1. The summed E-state index contributed by atoms with van der Waals surface area (Å²) in [5.41, 5.74) is 3.63. The molecule has 3 heterocycles. The van der Waals surface area contributed by atoms with Crippen LogP contribution in [0.3, 0.4) is 0 Å². The first-order chi connectivity index (χ1) is 13.6. The van der Waals surface area contributed by atoms with Crippen molar-refractivity contribution < 1.29 is 9.32 Å². The first-order valence-electron chi connectivity index (χ1n) is 9.06. The SMILES string of the molecule is Cc1ccc(N2CC(c3noc(-c4ccc5cc[nH]c5c4)n3)CC2=O)c(Cl)c1. The van der Waals surface area contributed by atoms with Crippen molar-refractivity contribution in [3.63, 3.8) is 0 Å². The predicted octanol–water partition coefficient (Wildman–Crippen LogP) is 4.70. The number of nitrogens with one attached hydrogen (secondary N) is 1. The first-order valence-corrected chi connectivity index (χ1v) is 9.44. The van der Waals surface area contributed by atoms with Gasteiger partial charge in [0.25, 0.3) is 5.89 Å². The van der Waals surface area contributed by atoms with Gasteiger partial charge < -0.3 is 14.4 Å².